The first-order chi connectivity index (χ1) is 14.0. The molecule has 2 aromatic carbocycles. The normalized spacial score (nSPS) is 11.8. The maximum absolute atomic E-state index is 13.1. The Labute approximate surface area is 169 Å². The van der Waals surface area contributed by atoms with Crippen molar-refractivity contribution in [2.75, 3.05) is 5.32 Å². The van der Waals surface area contributed by atoms with Gasteiger partial charge < -0.3 is 5.32 Å². The van der Waals surface area contributed by atoms with E-state index in [2.05, 4.69) is 10.4 Å². The molecule has 0 aliphatic carbocycles. The molecule has 3 aromatic rings. The second kappa shape index (κ2) is 7.63. The number of hydrogen-bond acceptors (Lipinski definition) is 3. The number of nitrogens with zero attached hydrogens (tertiary/aromatic N) is 3. The van der Waals surface area contributed by atoms with E-state index in [1.807, 2.05) is 0 Å². The van der Waals surface area contributed by atoms with Crippen LogP contribution in [0.15, 0.2) is 54.9 Å². The fraction of sp³-hybridized carbons (Fsp3) is 0.190. The van der Waals surface area contributed by atoms with Crippen LogP contribution in [-0.4, -0.2) is 15.7 Å². The molecule has 0 unspecified atom stereocenters. The van der Waals surface area contributed by atoms with Gasteiger partial charge in [-0.05, 0) is 49.7 Å². The number of amides is 1. The summed E-state index contributed by atoms with van der Waals surface area (Å²) in [6, 6.07) is 10.2. The van der Waals surface area contributed by atoms with Gasteiger partial charge in [0.25, 0.3) is 5.91 Å². The van der Waals surface area contributed by atoms with Crippen molar-refractivity contribution in [2.24, 2.45) is 0 Å². The number of nitriles is 1. The molecule has 9 heteroatoms. The number of anilines is 1. The van der Waals surface area contributed by atoms with Gasteiger partial charge in [-0.2, -0.15) is 23.5 Å². The van der Waals surface area contributed by atoms with Crippen LogP contribution in [0.5, 0.6) is 0 Å². The summed E-state index contributed by atoms with van der Waals surface area (Å²) in [6.45, 7) is 3.11. The third-order valence-electron chi connectivity index (χ3n) is 4.59. The maximum Gasteiger partial charge on any atom is 0.417 e. The Hall–Kier alpha value is -3.67. The number of rotatable bonds is 4. The highest BCUT2D eigenvalue weighted by molar-refractivity contribution is 5.96. The van der Waals surface area contributed by atoms with Crippen LogP contribution < -0.4 is 5.32 Å². The minimum Gasteiger partial charge on any atom is -0.324 e. The molecule has 0 aliphatic rings. The average molecular weight is 416 g/mol. The molecule has 30 heavy (non-hydrogen) atoms. The Morgan fingerprint density at radius 2 is 1.77 bits per heavy atom. The minimum atomic E-state index is -4.73. The number of carbonyl (C=O) groups is 1. The lowest BCUT2D eigenvalue weighted by Crippen LogP contribution is -2.40. The molecule has 1 heterocycles. The lowest BCUT2D eigenvalue weighted by atomic mass is 10.0. The summed E-state index contributed by atoms with van der Waals surface area (Å²) in [5.41, 5.74) is -1.65. The number of carbonyl (C=O) groups excluding carboxylic acids is 1. The zero-order valence-corrected chi connectivity index (χ0v) is 16.0. The van der Waals surface area contributed by atoms with E-state index >= 15 is 0 Å². The van der Waals surface area contributed by atoms with E-state index in [0.29, 0.717) is 11.1 Å². The summed E-state index contributed by atoms with van der Waals surface area (Å²) in [7, 11) is 0. The Morgan fingerprint density at radius 1 is 1.10 bits per heavy atom. The third-order valence-corrected chi connectivity index (χ3v) is 4.59. The fourth-order valence-electron chi connectivity index (χ4n) is 2.76. The van der Waals surface area contributed by atoms with Gasteiger partial charge in [0.1, 0.15) is 11.4 Å². The SMILES string of the molecule is CC(C)(C(=O)Nc1ccc(C#N)c(C(F)(F)F)c1)n1cc(-c2ccc(F)cc2)cn1. The molecular weight excluding hydrogens is 400 g/mol. The lowest BCUT2D eigenvalue weighted by molar-refractivity contribution is -0.137. The molecule has 0 radical (unpaired) electrons. The molecule has 0 saturated heterocycles. The second-order valence-electron chi connectivity index (χ2n) is 7.06. The number of nitrogens with one attached hydrogen (secondary N) is 1. The summed E-state index contributed by atoms with van der Waals surface area (Å²) < 4.78 is 53.9. The second-order valence-corrected chi connectivity index (χ2v) is 7.06. The quantitative estimate of drug-likeness (QED) is 0.612. The van der Waals surface area contributed by atoms with Gasteiger partial charge in [0.2, 0.25) is 0 Å². The highest BCUT2D eigenvalue weighted by Crippen LogP contribution is 2.34. The molecule has 0 atom stereocenters. The molecule has 5 nitrogen and oxygen atoms in total. The summed E-state index contributed by atoms with van der Waals surface area (Å²) in [4.78, 5) is 12.8. The van der Waals surface area contributed by atoms with Crippen LogP contribution in [-0.2, 0) is 16.5 Å². The number of aromatic nitrogens is 2. The maximum atomic E-state index is 13.1. The molecule has 154 valence electrons. The van der Waals surface area contributed by atoms with E-state index in [0.717, 1.165) is 12.1 Å². The summed E-state index contributed by atoms with van der Waals surface area (Å²) >= 11 is 0. The van der Waals surface area contributed by atoms with Crippen molar-refractivity contribution in [1.82, 2.24) is 9.78 Å². The number of halogens is 4. The van der Waals surface area contributed by atoms with Gasteiger partial charge in [-0.1, -0.05) is 12.1 Å². The standard InChI is InChI=1S/C21H16F4N4O/c1-20(2,29-12-15(11-27-29)13-3-6-16(22)7-4-13)19(30)28-17-8-5-14(10-26)18(9-17)21(23,24)25/h3-9,11-12H,1-2H3,(H,28,30). The monoisotopic (exact) mass is 416 g/mol. The van der Waals surface area contributed by atoms with Crippen LogP contribution in [0.1, 0.15) is 25.0 Å². The number of hydrogen-bond donors (Lipinski definition) is 1. The molecular formula is C21H16F4N4O. The zero-order chi connectivity index (χ0) is 22.1. The van der Waals surface area contributed by atoms with Crippen LogP contribution in [0, 0.1) is 17.1 Å². The summed E-state index contributed by atoms with van der Waals surface area (Å²) in [5.74, 6) is -0.986. The highest BCUT2D eigenvalue weighted by atomic mass is 19.4. The van der Waals surface area contributed by atoms with Gasteiger partial charge in [0.15, 0.2) is 0 Å². The van der Waals surface area contributed by atoms with Gasteiger partial charge in [-0.15, -0.1) is 0 Å². The third kappa shape index (κ3) is 4.17. The van der Waals surface area contributed by atoms with Crippen molar-refractivity contribution < 1.29 is 22.4 Å². The first-order valence-corrected chi connectivity index (χ1v) is 8.76. The average Bonchev–Trinajstić information content (AvgIpc) is 3.19. The lowest BCUT2D eigenvalue weighted by Gasteiger charge is -2.24. The van der Waals surface area contributed by atoms with Gasteiger partial charge in [0.05, 0.1) is 23.4 Å². The molecule has 3 rings (SSSR count). The first-order valence-electron chi connectivity index (χ1n) is 8.76. The summed E-state index contributed by atoms with van der Waals surface area (Å²) in [5, 5.41) is 15.5. The molecule has 0 aliphatic heterocycles. The van der Waals surface area contributed by atoms with E-state index in [-0.39, 0.29) is 11.5 Å². The molecule has 1 N–H and O–H groups in total. The Balaban J connectivity index is 1.85. The number of alkyl halides is 3. The van der Waals surface area contributed by atoms with Gasteiger partial charge >= 0.3 is 6.18 Å². The Morgan fingerprint density at radius 3 is 2.37 bits per heavy atom. The Bertz CT molecular complexity index is 1130. The first kappa shape index (κ1) is 21.0. The van der Waals surface area contributed by atoms with Crippen molar-refractivity contribution >= 4 is 11.6 Å². The molecule has 0 bridgehead atoms. The minimum absolute atomic E-state index is 0.0923. The topological polar surface area (TPSA) is 70.7 Å². The van der Waals surface area contributed by atoms with Crippen molar-refractivity contribution in [3.63, 3.8) is 0 Å². The van der Waals surface area contributed by atoms with Crippen molar-refractivity contribution in [1.29, 1.82) is 5.26 Å². The van der Waals surface area contributed by atoms with E-state index in [1.54, 1.807) is 32.2 Å². The highest BCUT2D eigenvalue weighted by Gasteiger charge is 2.35. The van der Waals surface area contributed by atoms with E-state index in [1.165, 1.54) is 35.1 Å². The fourth-order valence-corrected chi connectivity index (χ4v) is 2.76. The number of benzene rings is 2. The van der Waals surface area contributed by atoms with E-state index in [9.17, 15) is 22.4 Å². The molecule has 0 saturated carbocycles. The van der Waals surface area contributed by atoms with Crippen molar-refractivity contribution in [2.45, 2.75) is 25.6 Å². The zero-order valence-electron chi connectivity index (χ0n) is 16.0. The van der Waals surface area contributed by atoms with Gasteiger partial charge in [-0.25, -0.2) is 4.39 Å². The van der Waals surface area contributed by atoms with Crippen LogP contribution in [0.25, 0.3) is 11.1 Å². The Kier molecular flexibility index (Phi) is 5.35. The van der Waals surface area contributed by atoms with Gasteiger partial charge in [0, 0.05) is 17.4 Å². The van der Waals surface area contributed by atoms with E-state index in [4.69, 9.17) is 5.26 Å². The largest absolute Gasteiger partial charge is 0.417 e. The van der Waals surface area contributed by atoms with Gasteiger partial charge in [-0.3, -0.25) is 9.48 Å². The van der Waals surface area contributed by atoms with Crippen LogP contribution >= 0.6 is 0 Å². The van der Waals surface area contributed by atoms with Crippen LogP contribution in [0.4, 0.5) is 23.2 Å². The predicted octanol–water partition coefficient (Wildman–Crippen LogP) is 4.95. The smallest absolute Gasteiger partial charge is 0.324 e. The molecule has 0 fully saturated rings. The summed E-state index contributed by atoms with van der Waals surface area (Å²) in [6.07, 6.45) is -1.63. The molecule has 0 spiro atoms. The van der Waals surface area contributed by atoms with Crippen molar-refractivity contribution in [3.8, 4) is 17.2 Å². The van der Waals surface area contributed by atoms with Crippen molar-refractivity contribution in [3.05, 3.63) is 71.8 Å². The molecule has 1 amide bonds. The van der Waals surface area contributed by atoms with Crippen LogP contribution in [0.3, 0.4) is 0 Å². The molecule has 1 aromatic heterocycles. The van der Waals surface area contributed by atoms with E-state index < -0.39 is 28.7 Å². The van der Waals surface area contributed by atoms with Crippen LogP contribution in [0.2, 0.25) is 0 Å². The predicted molar refractivity (Wildman–Crippen MR) is 102 cm³/mol.